The van der Waals surface area contributed by atoms with E-state index in [1.807, 2.05) is 0 Å². The maximum atomic E-state index is 14.0. The SMILES string of the molecule is CCOc1cc(C2C(C(=O)c3cccs3)=C(O)C(=O)N2c2ccc(F)c(F)c2)ccc1OC. The Hall–Kier alpha value is -3.72. The lowest BCUT2D eigenvalue weighted by molar-refractivity contribution is -0.117. The normalized spacial score (nSPS) is 15.8. The van der Waals surface area contributed by atoms with E-state index in [9.17, 15) is 23.5 Å². The Morgan fingerprint density at radius 3 is 2.55 bits per heavy atom. The van der Waals surface area contributed by atoms with Crippen LogP contribution in [0.4, 0.5) is 14.5 Å². The van der Waals surface area contributed by atoms with Gasteiger partial charge in [-0.1, -0.05) is 12.1 Å². The van der Waals surface area contributed by atoms with Crippen LogP contribution < -0.4 is 14.4 Å². The summed E-state index contributed by atoms with van der Waals surface area (Å²) in [6, 6.07) is 9.90. The van der Waals surface area contributed by atoms with Crippen molar-refractivity contribution in [2.24, 2.45) is 0 Å². The zero-order valence-corrected chi connectivity index (χ0v) is 18.5. The maximum Gasteiger partial charge on any atom is 0.294 e. The molecule has 0 bridgehead atoms. The first-order valence-electron chi connectivity index (χ1n) is 9.98. The highest BCUT2D eigenvalue weighted by molar-refractivity contribution is 7.12. The molecule has 6 nitrogen and oxygen atoms in total. The van der Waals surface area contributed by atoms with Crippen molar-refractivity contribution >= 4 is 28.7 Å². The zero-order valence-electron chi connectivity index (χ0n) is 17.7. The van der Waals surface area contributed by atoms with Gasteiger partial charge >= 0.3 is 0 Å². The van der Waals surface area contributed by atoms with Gasteiger partial charge in [0.2, 0.25) is 5.78 Å². The van der Waals surface area contributed by atoms with E-state index in [1.54, 1.807) is 42.6 Å². The van der Waals surface area contributed by atoms with Gasteiger partial charge in [-0.15, -0.1) is 11.3 Å². The van der Waals surface area contributed by atoms with Gasteiger partial charge in [-0.2, -0.15) is 0 Å². The third kappa shape index (κ3) is 3.95. The standard InChI is InChI=1S/C24H19F2NO5S/c1-3-32-18-11-13(6-9-17(18)31-2)21-20(22(28)19-5-4-10-33-19)23(29)24(30)27(21)14-7-8-15(25)16(26)12-14/h4-12,21,29H,3H2,1-2H3. The molecule has 1 aromatic heterocycles. The number of aliphatic hydroxyl groups excluding tert-OH is 1. The Kier molecular flexibility index (Phi) is 6.15. The molecule has 0 saturated heterocycles. The van der Waals surface area contributed by atoms with Crippen molar-refractivity contribution in [1.82, 2.24) is 0 Å². The molecule has 2 aromatic carbocycles. The second-order valence-electron chi connectivity index (χ2n) is 7.09. The molecular weight excluding hydrogens is 452 g/mol. The molecule has 1 aliphatic heterocycles. The number of hydrogen-bond donors (Lipinski definition) is 1. The summed E-state index contributed by atoms with van der Waals surface area (Å²) in [5.41, 5.74) is 0.235. The number of thiophene rings is 1. The lowest BCUT2D eigenvalue weighted by atomic mass is 9.94. The van der Waals surface area contributed by atoms with Gasteiger partial charge in [-0.25, -0.2) is 8.78 Å². The molecule has 33 heavy (non-hydrogen) atoms. The van der Waals surface area contributed by atoms with Crippen molar-refractivity contribution < 1.29 is 33.0 Å². The zero-order chi connectivity index (χ0) is 23.7. The molecule has 0 fully saturated rings. The fourth-order valence-electron chi connectivity index (χ4n) is 3.73. The van der Waals surface area contributed by atoms with Gasteiger partial charge in [0.25, 0.3) is 5.91 Å². The molecule has 4 rings (SSSR count). The number of halogens is 2. The van der Waals surface area contributed by atoms with Crippen molar-refractivity contribution in [1.29, 1.82) is 0 Å². The van der Waals surface area contributed by atoms with Crippen LogP contribution in [0.25, 0.3) is 0 Å². The number of carbonyl (C=O) groups is 2. The van der Waals surface area contributed by atoms with E-state index < -0.39 is 35.1 Å². The van der Waals surface area contributed by atoms with Gasteiger partial charge in [-0.3, -0.25) is 14.5 Å². The van der Waals surface area contributed by atoms with Crippen LogP contribution >= 0.6 is 11.3 Å². The van der Waals surface area contributed by atoms with Crippen LogP contribution in [0.15, 0.2) is 65.2 Å². The molecule has 0 spiro atoms. The smallest absolute Gasteiger partial charge is 0.294 e. The predicted molar refractivity (Wildman–Crippen MR) is 119 cm³/mol. The number of aliphatic hydroxyl groups is 1. The third-order valence-corrected chi connectivity index (χ3v) is 6.05. The van der Waals surface area contributed by atoms with E-state index in [4.69, 9.17) is 9.47 Å². The third-order valence-electron chi connectivity index (χ3n) is 5.18. The molecule has 2 heterocycles. The summed E-state index contributed by atoms with van der Waals surface area (Å²) in [4.78, 5) is 27.8. The van der Waals surface area contributed by atoms with Crippen LogP contribution in [-0.2, 0) is 4.79 Å². The van der Waals surface area contributed by atoms with Crippen LogP contribution in [0.1, 0.15) is 28.2 Å². The number of ether oxygens (including phenoxy) is 2. The number of rotatable bonds is 7. The number of ketones is 1. The predicted octanol–water partition coefficient (Wildman–Crippen LogP) is 5.22. The highest BCUT2D eigenvalue weighted by atomic mass is 32.1. The van der Waals surface area contributed by atoms with E-state index in [0.29, 0.717) is 28.5 Å². The Bertz CT molecular complexity index is 1260. The molecule has 170 valence electrons. The Morgan fingerprint density at radius 2 is 1.91 bits per heavy atom. The summed E-state index contributed by atoms with van der Waals surface area (Å²) < 4.78 is 38.5. The topological polar surface area (TPSA) is 76.1 Å². The molecule has 0 radical (unpaired) electrons. The van der Waals surface area contributed by atoms with Crippen molar-refractivity contribution in [2.45, 2.75) is 13.0 Å². The van der Waals surface area contributed by atoms with E-state index in [1.165, 1.54) is 13.2 Å². The molecule has 1 aliphatic rings. The summed E-state index contributed by atoms with van der Waals surface area (Å²) in [6.45, 7) is 2.12. The van der Waals surface area contributed by atoms with E-state index >= 15 is 0 Å². The molecule has 0 aliphatic carbocycles. The first kappa shape index (κ1) is 22.5. The average molecular weight is 471 g/mol. The Morgan fingerprint density at radius 1 is 1.12 bits per heavy atom. The molecular formula is C24H19F2NO5S. The van der Waals surface area contributed by atoms with Crippen molar-refractivity contribution in [2.75, 3.05) is 18.6 Å². The molecule has 1 amide bonds. The van der Waals surface area contributed by atoms with E-state index in [0.717, 1.165) is 28.4 Å². The molecule has 3 aromatic rings. The van der Waals surface area contributed by atoms with Crippen LogP contribution in [0.5, 0.6) is 11.5 Å². The number of carbonyl (C=O) groups excluding carboxylic acids is 2. The second kappa shape index (κ2) is 9.03. The molecule has 1 unspecified atom stereocenters. The molecule has 1 N–H and O–H groups in total. The highest BCUT2D eigenvalue weighted by Gasteiger charge is 2.45. The second-order valence-corrected chi connectivity index (χ2v) is 8.04. The number of amides is 1. The van der Waals surface area contributed by atoms with Gasteiger partial charge in [0.1, 0.15) is 0 Å². The minimum atomic E-state index is -1.17. The summed E-state index contributed by atoms with van der Waals surface area (Å²) in [5, 5.41) is 12.4. The van der Waals surface area contributed by atoms with E-state index in [-0.39, 0.29) is 11.3 Å². The van der Waals surface area contributed by atoms with Gasteiger partial charge in [-0.05, 0) is 48.2 Å². The number of anilines is 1. The number of Topliss-reactive ketones (excluding diaryl/α,β-unsaturated/α-hetero) is 1. The highest BCUT2D eigenvalue weighted by Crippen LogP contribution is 2.44. The van der Waals surface area contributed by atoms with Crippen molar-refractivity contribution in [3.05, 3.63) is 87.3 Å². The largest absolute Gasteiger partial charge is 0.503 e. The first-order valence-corrected chi connectivity index (χ1v) is 10.9. The molecule has 9 heteroatoms. The van der Waals surface area contributed by atoms with Gasteiger partial charge in [0.05, 0.1) is 30.2 Å². The van der Waals surface area contributed by atoms with E-state index in [2.05, 4.69) is 0 Å². The van der Waals surface area contributed by atoms with Gasteiger partial charge < -0.3 is 14.6 Å². The Balaban J connectivity index is 1.91. The van der Waals surface area contributed by atoms with Crippen molar-refractivity contribution in [3.63, 3.8) is 0 Å². The fourth-order valence-corrected chi connectivity index (χ4v) is 4.40. The van der Waals surface area contributed by atoms with Crippen LogP contribution in [0.3, 0.4) is 0 Å². The molecule has 0 saturated carbocycles. The van der Waals surface area contributed by atoms with Gasteiger partial charge in [0.15, 0.2) is 28.9 Å². The number of hydrogen-bond acceptors (Lipinski definition) is 6. The Labute approximate surface area is 192 Å². The van der Waals surface area contributed by atoms with Crippen LogP contribution in [-0.4, -0.2) is 30.5 Å². The van der Waals surface area contributed by atoms with Crippen molar-refractivity contribution in [3.8, 4) is 11.5 Å². The number of nitrogens with zero attached hydrogens (tertiary/aromatic N) is 1. The quantitative estimate of drug-likeness (QED) is 0.479. The minimum absolute atomic E-state index is 0.0155. The summed E-state index contributed by atoms with van der Waals surface area (Å²) in [6.07, 6.45) is 0. The average Bonchev–Trinajstić information content (AvgIpc) is 3.43. The lowest BCUT2D eigenvalue weighted by Gasteiger charge is -2.27. The minimum Gasteiger partial charge on any atom is -0.503 e. The maximum absolute atomic E-state index is 14.0. The summed E-state index contributed by atoms with van der Waals surface area (Å²) in [5.74, 6) is -3.65. The summed E-state index contributed by atoms with van der Waals surface area (Å²) in [7, 11) is 1.47. The monoisotopic (exact) mass is 471 g/mol. The number of methoxy groups -OCH3 is 1. The van der Waals surface area contributed by atoms with Gasteiger partial charge in [0, 0.05) is 11.8 Å². The first-order chi connectivity index (χ1) is 15.9. The van der Waals surface area contributed by atoms with Crippen LogP contribution in [0, 0.1) is 11.6 Å². The lowest BCUT2D eigenvalue weighted by Crippen LogP contribution is -2.31. The summed E-state index contributed by atoms with van der Waals surface area (Å²) >= 11 is 1.16. The molecule has 1 atom stereocenters. The van der Waals surface area contributed by atoms with Crippen LogP contribution in [0.2, 0.25) is 0 Å². The fraction of sp³-hybridized carbons (Fsp3) is 0.167. The number of benzene rings is 2.